The maximum atomic E-state index is 12.6. The van der Waals surface area contributed by atoms with E-state index < -0.39 is 10.0 Å². The summed E-state index contributed by atoms with van der Waals surface area (Å²) >= 11 is 0. The third-order valence-electron chi connectivity index (χ3n) is 5.16. The van der Waals surface area contributed by atoms with E-state index in [0.29, 0.717) is 26.2 Å². The normalized spacial score (nSPS) is 15.8. The molecule has 0 aliphatic carbocycles. The van der Waals surface area contributed by atoms with Crippen molar-refractivity contribution in [2.75, 3.05) is 49.1 Å². The van der Waals surface area contributed by atoms with Crippen LogP contribution < -0.4 is 9.80 Å². The predicted octanol–water partition coefficient (Wildman–Crippen LogP) is 2.75. The molecular formula is C21H29N5O2S. The van der Waals surface area contributed by atoms with Crippen LogP contribution >= 0.6 is 0 Å². The van der Waals surface area contributed by atoms with Crippen molar-refractivity contribution in [2.45, 2.75) is 20.8 Å². The van der Waals surface area contributed by atoms with Gasteiger partial charge in [0.15, 0.2) is 11.6 Å². The van der Waals surface area contributed by atoms with Crippen LogP contribution in [0.1, 0.15) is 25.0 Å². The molecule has 0 unspecified atom stereocenters. The third-order valence-corrected chi connectivity index (χ3v) is 6.72. The number of rotatable bonds is 7. The van der Waals surface area contributed by atoms with E-state index in [1.165, 1.54) is 9.71 Å². The average molecular weight is 416 g/mol. The van der Waals surface area contributed by atoms with E-state index in [9.17, 15) is 8.42 Å². The second kappa shape index (κ2) is 9.37. The highest BCUT2D eigenvalue weighted by Crippen LogP contribution is 2.18. The molecule has 1 aromatic heterocycles. The minimum Gasteiger partial charge on any atom is -0.356 e. The molecule has 3 rings (SSSR count). The molecule has 1 aliphatic rings. The number of nitrogens with zero attached hydrogens (tertiary/aromatic N) is 5. The molecule has 1 aromatic carbocycles. The predicted molar refractivity (Wildman–Crippen MR) is 119 cm³/mol. The second-order valence-electron chi connectivity index (χ2n) is 7.07. The van der Waals surface area contributed by atoms with Gasteiger partial charge >= 0.3 is 0 Å². The van der Waals surface area contributed by atoms with Gasteiger partial charge in [-0.15, -0.1) is 10.2 Å². The lowest BCUT2D eigenvalue weighted by Gasteiger charge is -2.34. The number of anilines is 2. The summed E-state index contributed by atoms with van der Waals surface area (Å²) < 4.78 is 26.8. The minimum absolute atomic E-state index is 0.431. The largest absolute Gasteiger partial charge is 0.356 e. The summed E-state index contributed by atoms with van der Waals surface area (Å²) in [7, 11) is -3.44. The molecule has 156 valence electrons. The van der Waals surface area contributed by atoms with Gasteiger partial charge in [0, 0.05) is 44.7 Å². The molecule has 0 radical (unpaired) electrons. The highest BCUT2D eigenvalue weighted by atomic mass is 32.2. The van der Waals surface area contributed by atoms with Gasteiger partial charge in [0.2, 0.25) is 10.0 Å². The summed E-state index contributed by atoms with van der Waals surface area (Å²) in [6, 6.07) is 11.7. The number of aromatic nitrogens is 2. The molecule has 1 fully saturated rings. The standard InChI is InChI=1S/C21H29N5O2S/c1-4-24(5-2)20-10-11-21(23-22-20)25-13-15-26(16-14-25)29(27,28)17-12-19-8-6-18(3)7-9-19/h6-12,17H,4-5,13-16H2,1-3H3/b17-12+. The fourth-order valence-electron chi connectivity index (χ4n) is 3.30. The molecule has 29 heavy (non-hydrogen) atoms. The average Bonchev–Trinajstić information content (AvgIpc) is 2.75. The van der Waals surface area contributed by atoms with Gasteiger partial charge in [-0.1, -0.05) is 29.8 Å². The molecule has 0 bridgehead atoms. The van der Waals surface area contributed by atoms with Gasteiger partial charge in [-0.2, -0.15) is 4.31 Å². The van der Waals surface area contributed by atoms with Crippen molar-refractivity contribution in [1.29, 1.82) is 0 Å². The lowest BCUT2D eigenvalue weighted by molar-refractivity contribution is 0.388. The van der Waals surface area contributed by atoms with Crippen LogP contribution in [0.3, 0.4) is 0 Å². The van der Waals surface area contributed by atoms with E-state index in [1.807, 2.05) is 43.3 Å². The maximum Gasteiger partial charge on any atom is 0.236 e. The monoisotopic (exact) mass is 415 g/mol. The van der Waals surface area contributed by atoms with E-state index >= 15 is 0 Å². The minimum atomic E-state index is -3.44. The Hall–Kier alpha value is -2.45. The van der Waals surface area contributed by atoms with E-state index in [4.69, 9.17) is 0 Å². The maximum absolute atomic E-state index is 12.6. The molecule has 8 heteroatoms. The number of aryl methyl sites for hydroxylation is 1. The Labute approximate surface area is 173 Å². The zero-order valence-corrected chi connectivity index (χ0v) is 18.1. The van der Waals surface area contributed by atoms with Crippen LogP contribution in [-0.2, 0) is 10.0 Å². The van der Waals surface area contributed by atoms with Crippen LogP contribution in [0.4, 0.5) is 11.6 Å². The highest BCUT2D eigenvalue weighted by molar-refractivity contribution is 7.92. The van der Waals surface area contributed by atoms with E-state index in [0.717, 1.165) is 35.9 Å². The summed E-state index contributed by atoms with van der Waals surface area (Å²) in [6.45, 7) is 10.0. The molecule has 2 heterocycles. The molecule has 0 amide bonds. The van der Waals surface area contributed by atoms with Crippen LogP contribution in [0.15, 0.2) is 41.8 Å². The zero-order chi connectivity index (χ0) is 20.9. The summed E-state index contributed by atoms with van der Waals surface area (Å²) in [5.74, 6) is 1.65. The molecule has 2 aromatic rings. The Morgan fingerprint density at radius 2 is 1.62 bits per heavy atom. The van der Waals surface area contributed by atoms with Crippen molar-refractivity contribution >= 4 is 27.7 Å². The summed E-state index contributed by atoms with van der Waals surface area (Å²) in [6.07, 6.45) is 1.65. The van der Waals surface area contributed by atoms with Crippen LogP contribution in [0.25, 0.3) is 6.08 Å². The number of benzene rings is 1. The lowest BCUT2D eigenvalue weighted by Crippen LogP contribution is -2.48. The van der Waals surface area contributed by atoms with E-state index in [2.05, 4.69) is 33.8 Å². The first-order valence-corrected chi connectivity index (χ1v) is 11.5. The smallest absolute Gasteiger partial charge is 0.236 e. The number of hydrogen-bond donors (Lipinski definition) is 0. The molecular weight excluding hydrogens is 386 g/mol. The van der Waals surface area contributed by atoms with E-state index in [1.54, 1.807) is 6.08 Å². The Morgan fingerprint density at radius 3 is 2.17 bits per heavy atom. The molecule has 1 saturated heterocycles. The first kappa shape index (κ1) is 21.3. The molecule has 0 N–H and O–H groups in total. The molecule has 1 aliphatic heterocycles. The Balaban J connectivity index is 1.60. The fraction of sp³-hybridized carbons (Fsp3) is 0.429. The van der Waals surface area contributed by atoms with Crippen molar-refractivity contribution in [3.8, 4) is 0 Å². The third kappa shape index (κ3) is 5.33. The van der Waals surface area contributed by atoms with Gasteiger partial charge < -0.3 is 9.80 Å². The summed E-state index contributed by atoms with van der Waals surface area (Å²) in [4.78, 5) is 4.22. The SMILES string of the molecule is CCN(CC)c1ccc(N2CCN(S(=O)(=O)/C=C/c3ccc(C)cc3)CC2)nn1. The molecule has 0 spiro atoms. The van der Waals surface area contributed by atoms with Crippen molar-refractivity contribution in [1.82, 2.24) is 14.5 Å². The Kier molecular flexibility index (Phi) is 6.87. The molecule has 0 atom stereocenters. The number of sulfonamides is 1. The Morgan fingerprint density at radius 1 is 0.966 bits per heavy atom. The van der Waals surface area contributed by atoms with Gasteiger partial charge in [-0.3, -0.25) is 0 Å². The van der Waals surface area contributed by atoms with Crippen molar-refractivity contribution in [3.63, 3.8) is 0 Å². The summed E-state index contributed by atoms with van der Waals surface area (Å²) in [5, 5.41) is 9.96. The van der Waals surface area contributed by atoms with Gasteiger partial charge in [0.05, 0.1) is 0 Å². The summed E-state index contributed by atoms with van der Waals surface area (Å²) in [5.41, 5.74) is 2.02. The first-order valence-electron chi connectivity index (χ1n) is 10.0. The van der Waals surface area contributed by atoms with Gasteiger partial charge in [0.1, 0.15) is 0 Å². The van der Waals surface area contributed by atoms with Gasteiger partial charge in [-0.05, 0) is 44.5 Å². The van der Waals surface area contributed by atoms with Crippen LogP contribution in [0, 0.1) is 6.92 Å². The van der Waals surface area contributed by atoms with Crippen molar-refractivity contribution in [2.24, 2.45) is 0 Å². The van der Waals surface area contributed by atoms with Crippen LogP contribution in [-0.4, -0.2) is 62.2 Å². The Bertz CT molecular complexity index is 915. The van der Waals surface area contributed by atoms with Crippen LogP contribution in [0.5, 0.6) is 0 Å². The lowest BCUT2D eigenvalue weighted by atomic mass is 10.2. The van der Waals surface area contributed by atoms with Crippen molar-refractivity contribution in [3.05, 3.63) is 52.9 Å². The number of piperazine rings is 1. The second-order valence-corrected chi connectivity index (χ2v) is 8.89. The molecule has 7 nitrogen and oxygen atoms in total. The zero-order valence-electron chi connectivity index (χ0n) is 17.3. The molecule has 0 saturated carbocycles. The first-order chi connectivity index (χ1) is 13.9. The fourth-order valence-corrected chi connectivity index (χ4v) is 4.48. The quantitative estimate of drug-likeness (QED) is 0.693. The van der Waals surface area contributed by atoms with E-state index in [-0.39, 0.29) is 0 Å². The number of hydrogen-bond acceptors (Lipinski definition) is 6. The van der Waals surface area contributed by atoms with Gasteiger partial charge in [-0.25, -0.2) is 8.42 Å². The van der Waals surface area contributed by atoms with Gasteiger partial charge in [0.25, 0.3) is 0 Å². The topological polar surface area (TPSA) is 69.6 Å². The highest BCUT2D eigenvalue weighted by Gasteiger charge is 2.25. The van der Waals surface area contributed by atoms with Crippen LogP contribution in [0.2, 0.25) is 0 Å². The van der Waals surface area contributed by atoms with Crippen molar-refractivity contribution < 1.29 is 8.42 Å².